The quantitative estimate of drug-likeness (QED) is 0.842. The van der Waals surface area contributed by atoms with E-state index in [0.717, 1.165) is 25.6 Å². The van der Waals surface area contributed by atoms with Gasteiger partial charge in [-0.3, -0.25) is 9.69 Å². The van der Waals surface area contributed by atoms with E-state index in [-0.39, 0.29) is 11.3 Å². The molecule has 2 rings (SSSR count). The Hall–Kier alpha value is -1.42. The SMILES string of the molecule is CC(=O)c1c(F)cccc1NCC(C)N1CCCC(C)C1. The lowest BCUT2D eigenvalue weighted by molar-refractivity contribution is 0.101. The number of nitrogens with one attached hydrogen (secondary N) is 1. The van der Waals surface area contributed by atoms with Gasteiger partial charge in [-0.2, -0.15) is 0 Å². The molecular weight excluding hydrogens is 267 g/mol. The molecule has 0 amide bonds. The molecule has 1 aliphatic rings. The number of carbonyl (C=O) groups is 1. The molecular formula is C17H25FN2O. The molecule has 1 aliphatic heterocycles. The van der Waals surface area contributed by atoms with Crippen molar-refractivity contribution in [3.05, 3.63) is 29.6 Å². The molecule has 1 fully saturated rings. The summed E-state index contributed by atoms with van der Waals surface area (Å²) in [6.45, 7) is 8.82. The highest BCUT2D eigenvalue weighted by atomic mass is 19.1. The van der Waals surface area contributed by atoms with Crippen molar-refractivity contribution < 1.29 is 9.18 Å². The van der Waals surface area contributed by atoms with Crippen LogP contribution in [0.1, 0.15) is 44.0 Å². The number of Topliss-reactive ketones (excluding diaryl/α,β-unsaturated/α-hetero) is 1. The van der Waals surface area contributed by atoms with Gasteiger partial charge < -0.3 is 5.32 Å². The fourth-order valence-electron chi connectivity index (χ4n) is 3.04. The number of hydrogen-bond acceptors (Lipinski definition) is 3. The van der Waals surface area contributed by atoms with Crippen molar-refractivity contribution in [3.8, 4) is 0 Å². The molecule has 1 saturated heterocycles. The average molecular weight is 292 g/mol. The number of carbonyl (C=O) groups excluding carboxylic acids is 1. The molecule has 4 heteroatoms. The zero-order valence-electron chi connectivity index (χ0n) is 13.2. The predicted octanol–water partition coefficient (Wildman–Crippen LogP) is 3.56. The molecule has 0 spiro atoms. The van der Waals surface area contributed by atoms with Crippen LogP contribution >= 0.6 is 0 Å². The molecule has 0 saturated carbocycles. The van der Waals surface area contributed by atoms with Crippen LogP contribution in [-0.2, 0) is 0 Å². The lowest BCUT2D eigenvalue weighted by Gasteiger charge is -2.35. The second kappa shape index (κ2) is 7.03. The molecule has 21 heavy (non-hydrogen) atoms. The maximum atomic E-state index is 13.8. The van der Waals surface area contributed by atoms with Gasteiger partial charge in [0, 0.05) is 24.8 Å². The molecule has 1 aromatic carbocycles. The Labute approximate surface area is 126 Å². The molecule has 0 radical (unpaired) electrons. The number of rotatable bonds is 5. The van der Waals surface area contributed by atoms with E-state index in [2.05, 4.69) is 24.1 Å². The number of likely N-dealkylation sites (tertiary alicyclic amines) is 1. The van der Waals surface area contributed by atoms with Gasteiger partial charge in [0.05, 0.1) is 5.56 Å². The Bertz CT molecular complexity index is 504. The first-order chi connectivity index (χ1) is 9.99. The van der Waals surface area contributed by atoms with Crippen LogP contribution in [-0.4, -0.2) is 36.4 Å². The third-order valence-electron chi connectivity index (χ3n) is 4.27. The van der Waals surface area contributed by atoms with Crippen LogP contribution in [0.15, 0.2) is 18.2 Å². The summed E-state index contributed by atoms with van der Waals surface area (Å²) in [6.07, 6.45) is 2.54. The molecule has 0 aromatic heterocycles. The minimum absolute atomic E-state index is 0.164. The van der Waals surface area contributed by atoms with Gasteiger partial charge in [0.25, 0.3) is 0 Å². The Balaban J connectivity index is 1.99. The van der Waals surface area contributed by atoms with Crippen LogP contribution in [0.3, 0.4) is 0 Å². The summed E-state index contributed by atoms with van der Waals surface area (Å²) in [6, 6.07) is 5.11. The van der Waals surface area contributed by atoms with Crippen LogP contribution < -0.4 is 5.32 Å². The van der Waals surface area contributed by atoms with E-state index in [1.165, 1.54) is 25.8 Å². The van der Waals surface area contributed by atoms with Crippen LogP contribution in [0.25, 0.3) is 0 Å². The van der Waals surface area contributed by atoms with Crippen molar-refractivity contribution in [3.63, 3.8) is 0 Å². The lowest BCUT2D eigenvalue weighted by Crippen LogP contribution is -2.43. The van der Waals surface area contributed by atoms with Gasteiger partial charge in [0.2, 0.25) is 0 Å². The van der Waals surface area contributed by atoms with Crippen molar-refractivity contribution >= 4 is 11.5 Å². The Morgan fingerprint density at radius 1 is 1.52 bits per heavy atom. The van der Waals surface area contributed by atoms with E-state index in [1.807, 2.05) is 0 Å². The summed E-state index contributed by atoms with van der Waals surface area (Å²) in [5.41, 5.74) is 0.760. The first kappa shape index (κ1) is 16.0. The Morgan fingerprint density at radius 2 is 2.29 bits per heavy atom. The number of benzene rings is 1. The minimum atomic E-state index is -0.452. The molecule has 1 heterocycles. The van der Waals surface area contributed by atoms with Gasteiger partial charge in [-0.05, 0) is 51.3 Å². The second-order valence-electron chi connectivity index (χ2n) is 6.19. The summed E-state index contributed by atoms with van der Waals surface area (Å²) >= 11 is 0. The fraction of sp³-hybridized carbons (Fsp3) is 0.588. The van der Waals surface area contributed by atoms with Crippen molar-refractivity contribution in [2.24, 2.45) is 5.92 Å². The van der Waals surface area contributed by atoms with Crippen molar-refractivity contribution in [1.82, 2.24) is 4.90 Å². The zero-order chi connectivity index (χ0) is 15.4. The van der Waals surface area contributed by atoms with Crippen LogP contribution in [0.4, 0.5) is 10.1 Å². The monoisotopic (exact) mass is 292 g/mol. The third-order valence-corrected chi connectivity index (χ3v) is 4.27. The molecule has 0 aliphatic carbocycles. The van der Waals surface area contributed by atoms with E-state index in [0.29, 0.717) is 11.7 Å². The zero-order valence-corrected chi connectivity index (χ0v) is 13.2. The van der Waals surface area contributed by atoms with Gasteiger partial charge in [0.15, 0.2) is 5.78 Å². The predicted molar refractivity (Wildman–Crippen MR) is 84.3 cm³/mol. The normalized spacial score (nSPS) is 21.0. The number of hydrogen-bond donors (Lipinski definition) is 1. The van der Waals surface area contributed by atoms with E-state index in [1.54, 1.807) is 12.1 Å². The van der Waals surface area contributed by atoms with Crippen molar-refractivity contribution in [2.75, 3.05) is 25.0 Å². The van der Waals surface area contributed by atoms with Crippen molar-refractivity contribution in [2.45, 2.75) is 39.7 Å². The number of nitrogens with zero attached hydrogens (tertiary/aromatic N) is 1. The standard InChI is InChI=1S/C17H25FN2O/c1-12-6-5-9-20(11-12)13(2)10-19-16-8-4-7-15(18)17(16)14(3)21/h4,7-8,12-13,19H,5-6,9-11H2,1-3H3. The molecule has 1 aromatic rings. The topological polar surface area (TPSA) is 32.3 Å². The number of anilines is 1. The molecule has 2 unspecified atom stereocenters. The summed E-state index contributed by atoms with van der Waals surface area (Å²) in [4.78, 5) is 14.1. The average Bonchev–Trinajstić information content (AvgIpc) is 2.44. The first-order valence-corrected chi connectivity index (χ1v) is 7.76. The molecule has 2 atom stereocenters. The highest BCUT2D eigenvalue weighted by molar-refractivity contribution is 5.99. The molecule has 0 bridgehead atoms. The fourth-order valence-corrected chi connectivity index (χ4v) is 3.04. The molecule has 1 N–H and O–H groups in total. The van der Waals surface area contributed by atoms with Gasteiger partial charge in [-0.15, -0.1) is 0 Å². The van der Waals surface area contributed by atoms with Gasteiger partial charge in [-0.1, -0.05) is 13.0 Å². The van der Waals surface area contributed by atoms with E-state index < -0.39 is 5.82 Å². The molecule has 3 nitrogen and oxygen atoms in total. The number of ketones is 1. The summed E-state index contributed by atoms with van der Waals surface area (Å²) < 4.78 is 13.8. The number of halogens is 1. The second-order valence-corrected chi connectivity index (χ2v) is 6.19. The van der Waals surface area contributed by atoms with Crippen molar-refractivity contribution in [1.29, 1.82) is 0 Å². The highest BCUT2D eigenvalue weighted by Crippen LogP contribution is 2.21. The maximum absolute atomic E-state index is 13.8. The highest BCUT2D eigenvalue weighted by Gasteiger charge is 2.21. The van der Waals surface area contributed by atoms with E-state index in [4.69, 9.17) is 0 Å². The summed E-state index contributed by atoms with van der Waals surface area (Å²) in [5.74, 6) is 0.0461. The smallest absolute Gasteiger partial charge is 0.164 e. The number of piperidine rings is 1. The Kier molecular flexibility index (Phi) is 5.34. The van der Waals surface area contributed by atoms with Crippen LogP contribution in [0, 0.1) is 11.7 Å². The third kappa shape index (κ3) is 4.03. The van der Waals surface area contributed by atoms with E-state index in [9.17, 15) is 9.18 Å². The molecule has 116 valence electrons. The maximum Gasteiger partial charge on any atom is 0.164 e. The first-order valence-electron chi connectivity index (χ1n) is 7.76. The van der Waals surface area contributed by atoms with Gasteiger partial charge in [-0.25, -0.2) is 4.39 Å². The lowest BCUT2D eigenvalue weighted by atomic mass is 9.99. The van der Waals surface area contributed by atoms with E-state index >= 15 is 0 Å². The van der Waals surface area contributed by atoms with Crippen LogP contribution in [0.2, 0.25) is 0 Å². The Morgan fingerprint density at radius 3 is 2.95 bits per heavy atom. The summed E-state index contributed by atoms with van der Waals surface area (Å²) in [5, 5.41) is 3.24. The minimum Gasteiger partial charge on any atom is -0.383 e. The largest absolute Gasteiger partial charge is 0.383 e. The van der Waals surface area contributed by atoms with Gasteiger partial charge in [0.1, 0.15) is 5.82 Å². The summed E-state index contributed by atoms with van der Waals surface area (Å²) in [7, 11) is 0. The van der Waals surface area contributed by atoms with Crippen LogP contribution in [0.5, 0.6) is 0 Å². The van der Waals surface area contributed by atoms with Gasteiger partial charge >= 0.3 is 0 Å².